The van der Waals surface area contributed by atoms with E-state index in [2.05, 4.69) is 41.9 Å². The fraction of sp³-hybridized carbons (Fsp3) is 0.250. The number of nitrogens with zero attached hydrogens (tertiary/aromatic N) is 1. The lowest BCUT2D eigenvalue weighted by Crippen LogP contribution is -2.02. The molecule has 3 rings (SSSR count). The van der Waals surface area contributed by atoms with Crippen molar-refractivity contribution in [1.29, 1.82) is 0 Å². The summed E-state index contributed by atoms with van der Waals surface area (Å²) in [5.74, 6) is 0.894. The lowest BCUT2D eigenvalue weighted by Gasteiger charge is -2.01. The molecule has 3 heteroatoms. The number of rotatable bonds is 3. The number of methoxy groups -OCH3 is 1. The minimum Gasteiger partial charge on any atom is -0.497 e. The van der Waals surface area contributed by atoms with Gasteiger partial charge in [0.25, 0.3) is 0 Å². The van der Waals surface area contributed by atoms with Gasteiger partial charge in [-0.3, -0.25) is 0 Å². The van der Waals surface area contributed by atoms with Gasteiger partial charge in [-0.25, -0.2) is 0 Å². The van der Waals surface area contributed by atoms with Gasteiger partial charge in [0.2, 0.25) is 0 Å². The predicted octanol–water partition coefficient (Wildman–Crippen LogP) is 2.84. The van der Waals surface area contributed by atoms with E-state index >= 15 is 0 Å². The van der Waals surface area contributed by atoms with Crippen LogP contribution < -0.4 is 10.5 Å². The highest BCUT2D eigenvalue weighted by atomic mass is 16.5. The standard InChI is InChI=1S/C16H18N2O/c1-18-15-6-4-12(19-2)10-14(15)13-5-3-11(7-8-17)9-16(13)18/h3-6,9-10H,7-8,17H2,1-2H3. The number of fused-ring (bicyclic) bond motifs is 3. The second-order valence-corrected chi connectivity index (χ2v) is 4.83. The molecule has 19 heavy (non-hydrogen) atoms. The largest absolute Gasteiger partial charge is 0.497 e. The van der Waals surface area contributed by atoms with E-state index in [-0.39, 0.29) is 0 Å². The zero-order chi connectivity index (χ0) is 13.4. The first-order chi connectivity index (χ1) is 9.24. The quantitative estimate of drug-likeness (QED) is 0.780. The van der Waals surface area contributed by atoms with Crippen LogP contribution in [-0.4, -0.2) is 18.2 Å². The van der Waals surface area contributed by atoms with Crippen LogP contribution in [0.4, 0.5) is 0 Å². The molecule has 3 nitrogen and oxygen atoms in total. The summed E-state index contributed by atoms with van der Waals surface area (Å²) < 4.78 is 7.54. The van der Waals surface area contributed by atoms with Crippen LogP contribution in [0.25, 0.3) is 21.8 Å². The Bertz CT molecular complexity index is 743. The first-order valence-electron chi connectivity index (χ1n) is 6.49. The Balaban J connectivity index is 2.32. The van der Waals surface area contributed by atoms with Gasteiger partial charge < -0.3 is 15.0 Å². The number of hydrogen-bond donors (Lipinski definition) is 1. The molecule has 0 aliphatic rings. The summed E-state index contributed by atoms with van der Waals surface area (Å²) in [5.41, 5.74) is 9.38. The molecule has 0 saturated carbocycles. The van der Waals surface area contributed by atoms with E-state index < -0.39 is 0 Å². The number of hydrogen-bond acceptors (Lipinski definition) is 2. The van der Waals surface area contributed by atoms with Crippen LogP contribution in [0.2, 0.25) is 0 Å². The molecule has 1 heterocycles. The van der Waals surface area contributed by atoms with Gasteiger partial charge in [0.1, 0.15) is 5.75 Å². The van der Waals surface area contributed by atoms with Gasteiger partial charge in [-0.2, -0.15) is 0 Å². The molecule has 1 aromatic heterocycles. The Morgan fingerprint density at radius 1 is 1.05 bits per heavy atom. The van der Waals surface area contributed by atoms with Crippen LogP contribution >= 0.6 is 0 Å². The van der Waals surface area contributed by atoms with Crippen LogP contribution in [-0.2, 0) is 13.5 Å². The Morgan fingerprint density at radius 3 is 2.63 bits per heavy atom. The Labute approximate surface area is 112 Å². The molecule has 0 atom stereocenters. The normalized spacial score (nSPS) is 11.3. The Morgan fingerprint density at radius 2 is 1.89 bits per heavy atom. The summed E-state index contributed by atoms with van der Waals surface area (Å²) in [4.78, 5) is 0. The zero-order valence-corrected chi connectivity index (χ0v) is 11.3. The summed E-state index contributed by atoms with van der Waals surface area (Å²) in [5, 5.41) is 2.49. The third-order valence-corrected chi connectivity index (χ3v) is 3.71. The van der Waals surface area contributed by atoms with Crippen molar-refractivity contribution < 1.29 is 4.74 Å². The van der Waals surface area contributed by atoms with Crippen molar-refractivity contribution in [2.24, 2.45) is 12.8 Å². The van der Waals surface area contributed by atoms with Crippen LogP contribution in [0.3, 0.4) is 0 Å². The Kier molecular flexibility index (Phi) is 2.91. The van der Waals surface area contributed by atoms with Crippen molar-refractivity contribution in [2.45, 2.75) is 6.42 Å². The van der Waals surface area contributed by atoms with Gasteiger partial charge >= 0.3 is 0 Å². The van der Waals surface area contributed by atoms with E-state index in [1.54, 1.807) is 7.11 Å². The zero-order valence-electron chi connectivity index (χ0n) is 11.3. The van der Waals surface area contributed by atoms with Gasteiger partial charge in [-0.15, -0.1) is 0 Å². The molecule has 0 radical (unpaired) electrons. The summed E-state index contributed by atoms with van der Waals surface area (Å²) in [6.45, 7) is 0.684. The van der Waals surface area contributed by atoms with E-state index in [1.165, 1.54) is 27.4 Å². The van der Waals surface area contributed by atoms with Crippen molar-refractivity contribution in [3.05, 3.63) is 42.0 Å². The molecule has 0 aliphatic carbocycles. The number of nitrogens with two attached hydrogens (primary N) is 1. The number of aromatic nitrogens is 1. The maximum absolute atomic E-state index is 5.63. The summed E-state index contributed by atoms with van der Waals surface area (Å²) in [6, 6.07) is 12.8. The predicted molar refractivity (Wildman–Crippen MR) is 79.7 cm³/mol. The van der Waals surface area contributed by atoms with Crippen LogP contribution in [0.1, 0.15) is 5.56 Å². The Hall–Kier alpha value is -2.00. The van der Waals surface area contributed by atoms with Crippen molar-refractivity contribution in [2.75, 3.05) is 13.7 Å². The topological polar surface area (TPSA) is 40.2 Å². The van der Waals surface area contributed by atoms with E-state index in [9.17, 15) is 0 Å². The molecule has 0 saturated heterocycles. The third-order valence-electron chi connectivity index (χ3n) is 3.71. The fourth-order valence-corrected chi connectivity index (χ4v) is 2.68. The molecule has 0 amide bonds. The molecular weight excluding hydrogens is 236 g/mol. The molecular formula is C16H18N2O. The van der Waals surface area contributed by atoms with Crippen molar-refractivity contribution in [3.63, 3.8) is 0 Å². The first kappa shape index (κ1) is 12.1. The highest BCUT2D eigenvalue weighted by Gasteiger charge is 2.09. The highest BCUT2D eigenvalue weighted by Crippen LogP contribution is 2.31. The van der Waals surface area contributed by atoms with Gasteiger partial charge in [-0.1, -0.05) is 12.1 Å². The lowest BCUT2D eigenvalue weighted by atomic mass is 10.1. The van der Waals surface area contributed by atoms with E-state index in [0.29, 0.717) is 6.54 Å². The molecule has 98 valence electrons. The molecule has 2 aromatic carbocycles. The maximum atomic E-state index is 5.63. The van der Waals surface area contributed by atoms with Crippen molar-refractivity contribution in [3.8, 4) is 5.75 Å². The minimum atomic E-state index is 0.684. The first-order valence-corrected chi connectivity index (χ1v) is 6.49. The van der Waals surface area contributed by atoms with Crippen molar-refractivity contribution in [1.82, 2.24) is 4.57 Å². The lowest BCUT2D eigenvalue weighted by molar-refractivity contribution is 0.415. The minimum absolute atomic E-state index is 0.684. The average Bonchev–Trinajstić information content (AvgIpc) is 2.72. The van der Waals surface area contributed by atoms with E-state index in [1.807, 2.05) is 6.07 Å². The van der Waals surface area contributed by atoms with Gasteiger partial charge in [0.15, 0.2) is 0 Å². The highest BCUT2D eigenvalue weighted by molar-refractivity contribution is 6.08. The molecule has 0 fully saturated rings. The van der Waals surface area contributed by atoms with Crippen LogP contribution in [0, 0.1) is 0 Å². The number of ether oxygens (including phenoxy) is 1. The molecule has 2 N–H and O–H groups in total. The monoisotopic (exact) mass is 254 g/mol. The van der Waals surface area contributed by atoms with Crippen LogP contribution in [0.15, 0.2) is 36.4 Å². The third kappa shape index (κ3) is 1.87. The molecule has 0 bridgehead atoms. The van der Waals surface area contributed by atoms with Crippen LogP contribution in [0.5, 0.6) is 5.75 Å². The second kappa shape index (κ2) is 4.59. The second-order valence-electron chi connectivity index (χ2n) is 4.83. The summed E-state index contributed by atoms with van der Waals surface area (Å²) in [6.07, 6.45) is 0.917. The summed E-state index contributed by atoms with van der Waals surface area (Å²) >= 11 is 0. The van der Waals surface area contributed by atoms with Crippen molar-refractivity contribution >= 4 is 21.8 Å². The maximum Gasteiger partial charge on any atom is 0.119 e. The molecule has 0 aliphatic heterocycles. The smallest absolute Gasteiger partial charge is 0.119 e. The van der Waals surface area contributed by atoms with Gasteiger partial charge in [0.05, 0.1) is 7.11 Å². The van der Waals surface area contributed by atoms with E-state index in [4.69, 9.17) is 10.5 Å². The number of aryl methyl sites for hydroxylation is 1. The van der Waals surface area contributed by atoms with Gasteiger partial charge in [0, 0.05) is 28.9 Å². The number of benzene rings is 2. The molecule has 3 aromatic rings. The van der Waals surface area contributed by atoms with Gasteiger partial charge in [-0.05, 0) is 42.8 Å². The SMILES string of the molecule is COc1ccc2c(c1)c1ccc(CCN)cc1n2C. The fourth-order valence-electron chi connectivity index (χ4n) is 2.68. The molecule has 0 spiro atoms. The summed E-state index contributed by atoms with van der Waals surface area (Å²) in [7, 11) is 3.80. The molecule has 0 unspecified atom stereocenters. The van der Waals surface area contributed by atoms with E-state index in [0.717, 1.165) is 12.2 Å². The average molecular weight is 254 g/mol.